The molecule has 0 saturated carbocycles. The van der Waals surface area contributed by atoms with Gasteiger partial charge in [-0.25, -0.2) is 0 Å². The van der Waals surface area contributed by atoms with Crippen molar-refractivity contribution in [1.82, 2.24) is 5.32 Å². The first-order valence-electron chi connectivity index (χ1n) is 7.36. The van der Waals surface area contributed by atoms with Gasteiger partial charge in [-0.15, -0.1) is 0 Å². The first kappa shape index (κ1) is 16.8. The van der Waals surface area contributed by atoms with E-state index in [1.54, 1.807) is 18.2 Å². The first-order valence-corrected chi connectivity index (χ1v) is 7.36. The summed E-state index contributed by atoms with van der Waals surface area (Å²) in [6.07, 6.45) is -0.144. The van der Waals surface area contributed by atoms with Gasteiger partial charge in [-0.05, 0) is 23.8 Å². The molecule has 0 aliphatic rings. The Hall–Kier alpha value is -2.53. The Kier molecular flexibility index (Phi) is 6.00. The van der Waals surface area contributed by atoms with Gasteiger partial charge in [0.25, 0.3) is 5.91 Å². The number of rotatable bonds is 7. The van der Waals surface area contributed by atoms with Crippen LogP contribution in [0.2, 0.25) is 0 Å². The molecule has 0 aliphatic heterocycles. The van der Waals surface area contributed by atoms with Crippen molar-refractivity contribution >= 4 is 5.91 Å². The number of hydrogen-bond donors (Lipinski definition) is 2. The summed E-state index contributed by atoms with van der Waals surface area (Å²) in [4.78, 5) is 12.2. The van der Waals surface area contributed by atoms with E-state index in [1.807, 2.05) is 30.3 Å². The van der Waals surface area contributed by atoms with Crippen LogP contribution in [0, 0.1) is 0 Å². The molecule has 0 saturated heterocycles. The number of benzene rings is 2. The van der Waals surface area contributed by atoms with Crippen molar-refractivity contribution in [2.45, 2.75) is 12.5 Å². The lowest BCUT2D eigenvalue weighted by molar-refractivity contribution is 0.0915. The molecule has 0 heterocycles. The molecule has 0 fully saturated rings. The van der Waals surface area contributed by atoms with Crippen LogP contribution in [0.5, 0.6) is 11.5 Å². The van der Waals surface area contributed by atoms with E-state index in [1.165, 1.54) is 14.2 Å². The average Bonchev–Trinajstić information content (AvgIpc) is 2.59. The predicted octanol–water partition coefficient (Wildman–Crippen LogP) is 2.04. The molecule has 2 aromatic rings. The van der Waals surface area contributed by atoms with E-state index in [-0.39, 0.29) is 12.5 Å². The summed E-state index contributed by atoms with van der Waals surface area (Å²) in [5, 5.41) is 12.7. The highest BCUT2D eigenvalue weighted by Crippen LogP contribution is 2.27. The molecule has 2 N–H and O–H groups in total. The second-order valence-corrected chi connectivity index (χ2v) is 5.12. The topological polar surface area (TPSA) is 67.8 Å². The normalized spacial score (nSPS) is 11.6. The molecule has 2 rings (SSSR count). The lowest BCUT2D eigenvalue weighted by Gasteiger charge is -2.13. The van der Waals surface area contributed by atoms with Crippen LogP contribution >= 0.6 is 0 Å². The first-order chi connectivity index (χ1) is 11.1. The van der Waals surface area contributed by atoms with Gasteiger partial charge in [-0.3, -0.25) is 4.79 Å². The lowest BCUT2D eigenvalue weighted by atomic mass is 10.1. The van der Waals surface area contributed by atoms with Gasteiger partial charge in [-0.2, -0.15) is 0 Å². The Morgan fingerprint density at radius 2 is 1.78 bits per heavy atom. The van der Waals surface area contributed by atoms with Crippen LogP contribution in [0.25, 0.3) is 0 Å². The molecule has 0 aliphatic carbocycles. The third-order valence-electron chi connectivity index (χ3n) is 3.46. The lowest BCUT2D eigenvalue weighted by Crippen LogP contribution is -2.33. The van der Waals surface area contributed by atoms with E-state index in [0.717, 1.165) is 5.56 Å². The number of nitrogens with one attached hydrogen (secondary N) is 1. The standard InChI is InChI=1S/C18H21NO4/c1-22-16-9-8-14(11-17(16)23-2)18(21)19-12-15(20)10-13-6-4-3-5-7-13/h3-9,11,15,20H,10,12H2,1-2H3,(H,19,21). The largest absolute Gasteiger partial charge is 0.493 e. The summed E-state index contributed by atoms with van der Waals surface area (Å²) in [6, 6.07) is 14.6. The molecule has 1 atom stereocenters. The maximum atomic E-state index is 12.2. The zero-order chi connectivity index (χ0) is 16.7. The maximum absolute atomic E-state index is 12.2. The molecule has 0 aromatic heterocycles. The highest BCUT2D eigenvalue weighted by Gasteiger charge is 2.12. The fourth-order valence-electron chi connectivity index (χ4n) is 2.25. The minimum Gasteiger partial charge on any atom is -0.493 e. The molecular weight excluding hydrogens is 294 g/mol. The predicted molar refractivity (Wildman–Crippen MR) is 88.0 cm³/mol. The molecule has 1 unspecified atom stereocenters. The van der Waals surface area contributed by atoms with Crippen molar-refractivity contribution < 1.29 is 19.4 Å². The maximum Gasteiger partial charge on any atom is 0.251 e. The summed E-state index contributed by atoms with van der Waals surface area (Å²) >= 11 is 0. The Bertz CT molecular complexity index is 643. The van der Waals surface area contributed by atoms with Crippen LogP contribution in [0.4, 0.5) is 0 Å². The van der Waals surface area contributed by atoms with Crippen molar-refractivity contribution in [1.29, 1.82) is 0 Å². The zero-order valence-electron chi connectivity index (χ0n) is 13.3. The van der Waals surface area contributed by atoms with E-state index in [9.17, 15) is 9.90 Å². The molecule has 1 amide bonds. The Morgan fingerprint density at radius 3 is 2.43 bits per heavy atom. The van der Waals surface area contributed by atoms with Gasteiger partial charge >= 0.3 is 0 Å². The zero-order valence-corrected chi connectivity index (χ0v) is 13.3. The van der Waals surface area contributed by atoms with E-state index < -0.39 is 6.10 Å². The van der Waals surface area contributed by atoms with Crippen molar-refractivity contribution in [3.8, 4) is 11.5 Å². The van der Waals surface area contributed by atoms with Gasteiger partial charge in [0.15, 0.2) is 11.5 Å². The van der Waals surface area contributed by atoms with Crippen molar-refractivity contribution in [2.24, 2.45) is 0 Å². The quantitative estimate of drug-likeness (QED) is 0.820. The summed E-state index contributed by atoms with van der Waals surface area (Å²) < 4.78 is 10.3. The number of hydrogen-bond acceptors (Lipinski definition) is 4. The Morgan fingerprint density at radius 1 is 1.09 bits per heavy atom. The highest BCUT2D eigenvalue weighted by molar-refractivity contribution is 5.94. The Balaban J connectivity index is 1.91. The Labute approximate surface area is 135 Å². The van der Waals surface area contributed by atoms with Gasteiger partial charge in [-0.1, -0.05) is 30.3 Å². The van der Waals surface area contributed by atoms with Crippen LogP contribution in [0.1, 0.15) is 15.9 Å². The molecular formula is C18H21NO4. The van der Waals surface area contributed by atoms with E-state index in [4.69, 9.17) is 9.47 Å². The number of carbonyl (C=O) groups is 1. The monoisotopic (exact) mass is 315 g/mol. The number of ether oxygens (including phenoxy) is 2. The smallest absolute Gasteiger partial charge is 0.251 e. The van der Waals surface area contributed by atoms with Crippen LogP contribution in [0.15, 0.2) is 48.5 Å². The van der Waals surface area contributed by atoms with E-state index in [0.29, 0.717) is 23.5 Å². The SMILES string of the molecule is COc1ccc(C(=O)NCC(O)Cc2ccccc2)cc1OC. The second-order valence-electron chi connectivity index (χ2n) is 5.12. The van der Waals surface area contributed by atoms with Crippen LogP contribution in [0.3, 0.4) is 0 Å². The number of carbonyl (C=O) groups excluding carboxylic acids is 1. The fourth-order valence-corrected chi connectivity index (χ4v) is 2.25. The third kappa shape index (κ3) is 4.72. The minimum atomic E-state index is -0.638. The van der Waals surface area contributed by atoms with Crippen molar-refractivity contribution in [2.75, 3.05) is 20.8 Å². The summed E-state index contributed by atoms with van der Waals surface area (Å²) in [5.74, 6) is 0.788. The third-order valence-corrected chi connectivity index (χ3v) is 3.46. The van der Waals surface area contributed by atoms with Crippen LogP contribution < -0.4 is 14.8 Å². The molecule has 2 aromatic carbocycles. The highest BCUT2D eigenvalue weighted by atomic mass is 16.5. The number of methoxy groups -OCH3 is 2. The molecule has 0 bridgehead atoms. The van der Waals surface area contributed by atoms with E-state index in [2.05, 4.69) is 5.32 Å². The van der Waals surface area contributed by atoms with Gasteiger partial charge < -0.3 is 19.9 Å². The average molecular weight is 315 g/mol. The molecule has 23 heavy (non-hydrogen) atoms. The fraction of sp³-hybridized carbons (Fsp3) is 0.278. The molecule has 5 heteroatoms. The molecule has 0 spiro atoms. The van der Waals surface area contributed by atoms with E-state index >= 15 is 0 Å². The van der Waals surface area contributed by atoms with Crippen molar-refractivity contribution in [3.05, 3.63) is 59.7 Å². The molecule has 122 valence electrons. The molecule has 0 radical (unpaired) electrons. The second kappa shape index (κ2) is 8.19. The number of amides is 1. The molecule has 5 nitrogen and oxygen atoms in total. The van der Waals surface area contributed by atoms with Crippen molar-refractivity contribution in [3.63, 3.8) is 0 Å². The summed E-state index contributed by atoms with van der Waals surface area (Å²) in [7, 11) is 3.06. The minimum absolute atomic E-state index is 0.183. The number of aliphatic hydroxyl groups excluding tert-OH is 1. The van der Waals surface area contributed by atoms with Crippen LogP contribution in [-0.2, 0) is 6.42 Å². The van der Waals surface area contributed by atoms with Crippen LogP contribution in [-0.4, -0.2) is 37.9 Å². The summed E-state index contributed by atoms with van der Waals surface area (Å²) in [6.45, 7) is 0.183. The number of aliphatic hydroxyl groups is 1. The van der Waals surface area contributed by atoms with Gasteiger partial charge in [0, 0.05) is 18.5 Å². The summed E-state index contributed by atoms with van der Waals surface area (Å²) in [5.41, 5.74) is 1.48. The van der Waals surface area contributed by atoms with Gasteiger partial charge in [0.2, 0.25) is 0 Å². The van der Waals surface area contributed by atoms with Gasteiger partial charge in [0.05, 0.1) is 20.3 Å². The van der Waals surface area contributed by atoms with Gasteiger partial charge in [0.1, 0.15) is 0 Å².